The van der Waals surface area contributed by atoms with Crippen molar-refractivity contribution in [2.45, 2.75) is 53.4 Å². The second-order valence-corrected chi connectivity index (χ2v) is 14.4. The van der Waals surface area contributed by atoms with Gasteiger partial charge in [-0.25, -0.2) is 14.7 Å². The van der Waals surface area contributed by atoms with Gasteiger partial charge in [-0.1, -0.05) is 69.9 Å². The Labute approximate surface area is 327 Å². The van der Waals surface area contributed by atoms with Gasteiger partial charge in [-0.05, 0) is 60.4 Å². The van der Waals surface area contributed by atoms with E-state index in [1.54, 1.807) is 36.4 Å². The molecule has 5 aromatic rings. The minimum absolute atomic E-state index is 0.0719. The van der Waals surface area contributed by atoms with Crippen LogP contribution in [0.1, 0.15) is 81.2 Å². The molecule has 0 aliphatic heterocycles. The molecule has 0 radical (unpaired) electrons. The number of phenolic OH excluding ortho intramolecular Hbond substituents is 2. The summed E-state index contributed by atoms with van der Waals surface area (Å²) in [4.78, 5) is 6.02. The van der Waals surface area contributed by atoms with Crippen molar-refractivity contribution in [3.63, 3.8) is 0 Å². The summed E-state index contributed by atoms with van der Waals surface area (Å²) >= 11 is 0. The molecule has 0 saturated heterocycles. The molecule has 0 unspecified atom stereocenters. The first kappa shape index (κ1) is 37.6. The predicted molar refractivity (Wildman–Crippen MR) is 225 cm³/mol. The fraction of sp³-hybridized carbons (Fsp3) is 0.255. The number of anilines is 3. The Balaban J connectivity index is 1.70. The van der Waals surface area contributed by atoms with Gasteiger partial charge in [0.05, 0.1) is 29.5 Å². The van der Waals surface area contributed by atoms with Gasteiger partial charge in [-0.3, -0.25) is 0 Å². The third kappa shape index (κ3) is 5.70. The first-order valence-electron chi connectivity index (χ1n) is 19.4. The highest BCUT2D eigenvalue weighted by molar-refractivity contribution is 6.28. The first-order valence-corrected chi connectivity index (χ1v) is 19.4. The zero-order valence-corrected chi connectivity index (χ0v) is 32.3. The van der Waals surface area contributed by atoms with Crippen LogP contribution in [-0.4, -0.2) is 46.7 Å². The van der Waals surface area contributed by atoms with Crippen LogP contribution >= 0.6 is 0 Å². The summed E-state index contributed by atoms with van der Waals surface area (Å²) in [5.41, 5.74) is 19.3. The van der Waals surface area contributed by atoms with E-state index in [4.69, 9.17) is 18.0 Å². The van der Waals surface area contributed by atoms with Gasteiger partial charge in [-0.2, -0.15) is 0 Å². The van der Waals surface area contributed by atoms with Crippen molar-refractivity contribution in [3.8, 4) is 17.6 Å². The van der Waals surface area contributed by atoms with Crippen LogP contribution in [0.5, 0.6) is 11.5 Å². The highest BCUT2D eigenvalue weighted by atomic mass is 16.3. The fourth-order valence-electron chi connectivity index (χ4n) is 8.83. The van der Waals surface area contributed by atoms with E-state index in [1.165, 1.54) is 0 Å². The van der Waals surface area contributed by atoms with Gasteiger partial charge in [0, 0.05) is 86.7 Å². The highest BCUT2D eigenvalue weighted by Crippen LogP contribution is 2.58. The summed E-state index contributed by atoms with van der Waals surface area (Å²) in [5.74, 6) is -0.628. The molecule has 282 valence electrons. The van der Waals surface area contributed by atoms with Crippen LogP contribution in [0, 0.1) is 17.9 Å². The maximum atomic E-state index is 15.4. The summed E-state index contributed by atoms with van der Waals surface area (Å²) in [5, 5.41) is 52.4. The van der Waals surface area contributed by atoms with E-state index in [2.05, 4.69) is 48.1 Å². The Kier molecular flexibility index (Phi) is 10.2. The molecule has 0 fully saturated rings. The summed E-state index contributed by atoms with van der Waals surface area (Å²) in [6.07, 6.45) is 3.53. The second-order valence-electron chi connectivity index (χ2n) is 14.4. The summed E-state index contributed by atoms with van der Waals surface area (Å²) < 4.78 is 2.25. The standard InChI is InChI=1S/C47H46N6O3/c1-6-22-52(23-7-2)45-27-14-10-18-31(49)36(27)41(37-28(45)15-11-19-32(37)50)43-40(33(26-48)51-5)44(47(43)56)42-38-29(16-12-20-34(38)54)46(53(24-8-3)25-9-4)30-17-13-21-35(55)39(30)42/h10-21H,6-9,22-25,49-50H2,1-4H3,(H2-,54,55,56)/b40-33-. The van der Waals surface area contributed by atoms with Gasteiger partial charge in [0.2, 0.25) is 5.71 Å². The number of benzene rings is 5. The molecule has 9 nitrogen and oxygen atoms in total. The number of allylic oxidation sites excluding steroid dienone is 3. The number of aromatic hydroxyl groups is 2. The monoisotopic (exact) mass is 742 g/mol. The minimum atomic E-state index is -0.446. The lowest BCUT2D eigenvalue weighted by molar-refractivity contribution is -0.527. The lowest BCUT2D eigenvalue weighted by Gasteiger charge is -2.41. The van der Waals surface area contributed by atoms with Crippen LogP contribution < -0.4 is 21.5 Å². The maximum absolute atomic E-state index is 15.4. The molecule has 0 spiro atoms. The molecule has 2 aliphatic carbocycles. The number of nitriles is 1. The number of hydrogen-bond donors (Lipinski definition) is 4. The molecular formula is C47H46N6O3. The van der Waals surface area contributed by atoms with Crippen LogP contribution in [0.4, 0.5) is 17.1 Å². The molecule has 0 saturated carbocycles. The van der Waals surface area contributed by atoms with E-state index < -0.39 is 5.76 Å². The fourth-order valence-corrected chi connectivity index (χ4v) is 8.83. The Bertz CT molecular complexity index is 2520. The molecule has 56 heavy (non-hydrogen) atoms. The van der Waals surface area contributed by atoms with Crippen molar-refractivity contribution < 1.29 is 19.9 Å². The van der Waals surface area contributed by atoms with Crippen molar-refractivity contribution in [2.24, 2.45) is 0 Å². The van der Waals surface area contributed by atoms with Gasteiger partial charge < -0.3 is 31.7 Å². The molecule has 7 rings (SSSR count). The van der Waals surface area contributed by atoms with Crippen LogP contribution in [0.15, 0.2) is 95.4 Å². The van der Waals surface area contributed by atoms with E-state index in [0.717, 1.165) is 74.0 Å². The SMILES string of the molecule is [C-]#[N+]/C(C#N)=C1\C(=C2c3c(O)cccc3C(=[N+](CCC)CCC)c3cccc(O)c32)C([O-])=C1c1c2c(N)cccc2c(N(CCC)CCC)c2cccc(N)c12. The molecule has 0 aromatic heterocycles. The van der Waals surface area contributed by atoms with Gasteiger partial charge in [0.25, 0.3) is 5.70 Å². The van der Waals surface area contributed by atoms with E-state index >= 15 is 5.11 Å². The minimum Gasteiger partial charge on any atom is -0.872 e. The summed E-state index contributed by atoms with van der Waals surface area (Å²) in [7, 11) is 0. The van der Waals surface area contributed by atoms with E-state index in [-0.39, 0.29) is 39.5 Å². The van der Waals surface area contributed by atoms with Crippen molar-refractivity contribution in [1.29, 1.82) is 5.26 Å². The smallest absolute Gasteiger partial charge is 0.270 e. The highest BCUT2D eigenvalue weighted by Gasteiger charge is 2.41. The molecule has 0 bridgehead atoms. The largest absolute Gasteiger partial charge is 0.872 e. The quantitative estimate of drug-likeness (QED) is 0.0362. The third-order valence-corrected chi connectivity index (χ3v) is 10.8. The Hall–Kier alpha value is -6.71. The normalized spacial score (nSPS) is 14.3. The van der Waals surface area contributed by atoms with Gasteiger partial charge in [-0.15, -0.1) is 0 Å². The van der Waals surface area contributed by atoms with Crippen molar-refractivity contribution in [2.75, 3.05) is 42.5 Å². The maximum Gasteiger partial charge on any atom is 0.270 e. The zero-order valence-electron chi connectivity index (χ0n) is 32.3. The third-order valence-electron chi connectivity index (χ3n) is 10.8. The Morgan fingerprint density at radius 3 is 1.68 bits per heavy atom. The molecule has 0 heterocycles. The summed E-state index contributed by atoms with van der Waals surface area (Å²) in [6.45, 7) is 19.7. The van der Waals surface area contributed by atoms with Gasteiger partial charge in [0.1, 0.15) is 24.6 Å². The number of rotatable bonds is 10. The van der Waals surface area contributed by atoms with Crippen LogP contribution in [0.3, 0.4) is 0 Å². The van der Waals surface area contributed by atoms with Crippen LogP contribution in [-0.2, 0) is 0 Å². The van der Waals surface area contributed by atoms with Crippen LogP contribution in [0.25, 0.3) is 37.5 Å². The number of phenols is 2. The lowest BCUT2D eigenvalue weighted by atomic mass is 9.68. The van der Waals surface area contributed by atoms with Crippen molar-refractivity contribution >= 4 is 55.5 Å². The number of hydrogen-bond acceptors (Lipinski definition) is 7. The van der Waals surface area contributed by atoms with E-state index in [9.17, 15) is 15.5 Å². The Morgan fingerprint density at radius 1 is 0.732 bits per heavy atom. The number of fused-ring (bicyclic) bond motifs is 4. The second kappa shape index (κ2) is 15.2. The van der Waals surface area contributed by atoms with Gasteiger partial charge in [0.15, 0.2) is 0 Å². The molecule has 5 aromatic carbocycles. The number of nitrogens with zero attached hydrogens (tertiary/aromatic N) is 4. The number of nitrogens with two attached hydrogens (primary N) is 2. The molecule has 0 atom stereocenters. The average molecular weight is 743 g/mol. The molecular weight excluding hydrogens is 697 g/mol. The van der Waals surface area contributed by atoms with E-state index in [0.29, 0.717) is 50.0 Å². The van der Waals surface area contributed by atoms with Gasteiger partial charge >= 0.3 is 0 Å². The predicted octanol–water partition coefficient (Wildman–Crippen LogP) is 8.46. The zero-order chi connectivity index (χ0) is 39.8. The first-order chi connectivity index (χ1) is 27.2. The lowest BCUT2D eigenvalue weighted by Crippen LogP contribution is -2.31. The van der Waals surface area contributed by atoms with Crippen molar-refractivity contribution in [1.82, 2.24) is 0 Å². The number of nitrogen functional groups attached to an aromatic ring is 2. The molecule has 0 amide bonds. The van der Waals surface area contributed by atoms with E-state index in [1.807, 2.05) is 36.4 Å². The topological polar surface area (TPSA) is 150 Å². The molecule has 6 N–H and O–H groups in total. The molecule has 9 heteroatoms. The summed E-state index contributed by atoms with van der Waals surface area (Å²) in [6, 6.07) is 23.9. The average Bonchev–Trinajstić information content (AvgIpc) is 3.18. The van der Waals surface area contributed by atoms with Crippen LogP contribution in [0.2, 0.25) is 0 Å². The van der Waals surface area contributed by atoms with Crippen molar-refractivity contribution in [3.05, 3.63) is 135 Å². The molecule has 2 aliphatic rings. The Morgan fingerprint density at radius 2 is 1.23 bits per heavy atom.